The van der Waals surface area contributed by atoms with E-state index in [4.69, 9.17) is 0 Å². The summed E-state index contributed by atoms with van der Waals surface area (Å²) >= 11 is 5.21. The van der Waals surface area contributed by atoms with Crippen LogP contribution in [0.1, 0.15) is 11.8 Å². The highest BCUT2D eigenvalue weighted by atomic mass is 79.9. The number of nitrogens with zero attached hydrogens (tertiary/aromatic N) is 2. The molecule has 0 fully saturated rings. The number of nitrogens with one attached hydrogen (secondary N) is 2. The molecule has 0 unspecified atom stereocenters. The molecule has 0 saturated carbocycles. The molecule has 0 aliphatic heterocycles. The van der Waals surface area contributed by atoms with Crippen LogP contribution in [0.3, 0.4) is 0 Å². The maximum absolute atomic E-state index is 4.40. The van der Waals surface area contributed by atoms with Crippen LogP contribution in [0.5, 0.6) is 0 Å². The van der Waals surface area contributed by atoms with E-state index in [1.165, 1.54) is 4.88 Å². The predicted molar refractivity (Wildman–Crippen MR) is 75.5 cm³/mol. The smallest absolute Gasteiger partial charge is 0.147 e. The lowest BCUT2D eigenvalue weighted by Crippen LogP contribution is -2.04. The second kappa shape index (κ2) is 5.97. The van der Waals surface area contributed by atoms with Crippen LogP contribution in [-0.4, -0.2) is 16.5 Å². The summed E-state index contributed by atoms with van der Waals surface area (Å²) < 4.78 is 1.13. The molecule has 6 heteroatoms. The molecule has 90 valence electrons. The molecular formula is C11H13BrN4S. The maximum Gasteiger partial charge on any atom is 0.147 e. The minimum Gasteiger partial charge on any atom is -0.369 e. The molecule has 2 rings (SSSR count). The van der Waals surface area contributed by atoms with Crippen LogP contribution in [0.15, 0.2) is 28.3 Å². The lowest BCUT2D eigenvalue weighted by atomic mass is 10.4. The summed E-state index contributed by atoms with van der Waals surface area (Å²) in [4.78, 5) is 9.78. The van der Waals surface area contributed by atoms with Crippen molar-refractivity contribution < 1.29 is 0 Å². The maximum atomic E-state index is 4.40. The Morgan fingerprint density at radius 3 is 2.71 bits per heavy atom. The normalized spacial score (nSPS) is 10.2. The Hall–Kier alpha value is -1.14. The van der Waals surface area contributed by atoms with Crippen molar-refractivity contribution in [3.63, 3.8) is 0 Å². The summed E-state index contributed by atoms with van der Waals surface area (Å²) in [6, 6.07) is 2.04. The highest BCUT2D eigenvalue weighted by Crippen LogP contribution is 2.23. The Morgan fingerprint density at radius 2 is 2.06 bits per heavy atom. The van der Waals surface area contributed by atoms with Gasteiger partial charge >= 0.3 is 0 Å². The molecular weight excluding hydrogens is 300 g/mol. The highest BCUT2D eigenvalue weighted by Gasteiger charge is 2.02. The van der Waals surface area contributed by atoms with E-state index in [0.29, 0.717) is 0 Å². The van der Waals surface area contributed by atoms with Crippen LogP contribution in [0.25, 0.3) is 0 Å². The van der Waals surface area contributed by atoms with Crippen LogP contribution in [0.4, 0.5) is 11.6 Å². The van der Waals surface area contributed by atoms with Crippen molar-refractivity contribution in [3.05, 3.63) is 33.2 Å². The number of hydrogen-bond acceptors (Lipinski definition) is 5. The van der Waals surface area contributed by atoms with Crippen LogP contribution >= 0.6 is 27.3 Å². The first-order chi connectivity index (χ1) is 8.29. The average molecular weight is 313 g/mol. The van der Waals surface area contributed by atoms with E-state index in [2.05, 4.69) is 41.9 Å². The van der Waals surface area contributed by atoms with E-state index in [0.717, 1.165) is 29.2 Å². The third-order valence-corrected chi connectivity index (χ3v) is 4.04. The topological polar surface area (TPSA) is 49.8 Å². The zero-order chi connectivity index (χ0) is 12.1. The van der Waals surface area contributed by atoms with Gasteiger partial charge in [-0.15, -0.1) is 11.3 Å². The number of halogens is 1. The van der Waals surface area contributed by atoms with Gasteiger partial charge < -0.3 is 10.6 Å². The first kappa shape index (κ1) is 12.3. The fourth-order valence-corrected chi connectivity index (χ4v) is 2.77. The van der Waals surface area contributed by atoms with Gasteiger partial charge in [0.25, 0.3) is 0 Å². The average Bonchev–Trinajstić information content (AvgIpc) is 2.73. The number of anilines is 2. The van der Waals surface area contributed by atoms with Gasteiger partial charge in [0.1, 0.15) is 11.6 Å². The summed E-state index contributed by atoms with van der Waals surface area (Å²) in [5.41, 5.74) is 0. The van der Waals surface area contributed by atoms with E-state index in [-0.39, 0.29) is 0 Å². The van der Waals surface area contributed by atoms with E-state index in [9.17, 15) is 0 Å². The highest BCUT2D eigenvalue weighted by molar-refractivity contribution is 9.10. The molecule has 2 aromatic heterocycles. The van der Waals surface area contributed by atoms with E-state index >= 15 is 0 Å². The number of rotatable bonds is 5. The van der Waals surface area contributed by atoms with Gasteiger partial charge in [-0.3, -0.25) is 4.98 Å². The largest absolute Gasteiger partial charge is 0.369 e. The minimum absolute atomic E-state index is 0.752. The second-order valence-corrected chi connectivity index (χ2v) is 5.22. The van der Waals surface area contributed by atoms with Gasteiger partial charge in [-0.1, -0.05) is 0 Å². The molecule has 17 heavy (non-hydrogen) atoms. The quantitative estimate of drug-likeness (QED) is 0.889. The van der Waals surface area contributed by atoms with Gasteiger partial charge in [-0.2, -0.15) is 0 Å². The summed E-state index contributed by atoms with van der Waals surface area (Å²) in [5, 5.41) is 8.44. The Morgan fingerprint density at radius 1 is 1.29 bits per heavy atom. The Balaban J connectivity index is 1.99. The van der Waals surface area contributed by atoms with Gasteiger partial charge in [0.15, 0.2) is 0 Å². The molecule has 0 radical (unpaired) electrons. The number of thiophene rings is 1. The van der Waals surface area contributed by atoms with Crippen LogP contribution < -0.4 is 10.6 Å². The van der Waals surface area contributed by atoms with Crippen LogP contribution in [-0.2, 0) is 6.54 Å². The third-order valence-electron chi connectivity index (χ3n) is 2.11. The van der Waals surface area contributed by atoms with E-state index < -0.39 is 0 Å². The van der Waals surface area contributed by atoms with Crippen molar-refractivity contribution in [2.75, 3.05) is 17.2 Å². The molecule has 4 nitrogen and oxygen atoms in total. The summed E-state index contributed by atoms with van der Waals surface area (Å²) in [6.45, 7) is 3.63. The standard InChI is InChI=1S/C11H13BrN4S/c1-2-14-10-6-13-7-11(16-10)15-5-9-8(12)3-4-17-9/h3-4,6-7H,2,5H2,1H3,(H2,14,15,16). The Bertz CT molecular complexity index is 486. The van der Waals surface area contributed by atoms with Crippen LogP contribution in [0.2, 0.25) is 0 Å². The van der Waals surface area contributed by atoms with Crippen molar-refractivity contribution in [3.8, 4) is 0 Å². The third kappa shape index (κ3) is 3.41. The van der Waals surface area contributed by atoms with Crippen molar-refractivity contribution in [2.24, 2.45) is 0 Å². The molecule has 0 atom stereocenters. The van der Waals surface area contributed by atoms with Gasteiger partial charge in [0, 0.05) is 15.9 Å². The second-order valence-electron chi connectivity index (χ2n) is 3.37. The fourth-order valence-electron chi connectivity index (χ4n) is 1.34. The predicted octanol–water partition coefficient (Wildman–Crippen LogP) is 3.34. The monoisotopic (exact) mass is 312 g/mol. The first-order valence-electron chi connectivity index (χ1n) is 5.31. The van der Waals surface area contributed by atoms with E-state index in [1.54, 1.807) is 23.7 Å². The Labute approximate surface area is 113 Å². The summed E-state index contributed by atoms with van der Waals surface area (Å²) in [7, 11) is 0. The summed E-state index contributed by atoms with van der Waals surface area (Å²) in [5.74, 6) is 1.58. The molecule has 2 N–H and O–H groups in total. The molecule has 2 aromatic rings. The molecule has 2 heterocycles. The van der Waals surface area contributed by atoms with Crippen molar-refractivity contribution in [1.82, 2.24) is 9.97 Å². The molecule has 0 aliphatic rings. The summed E-state index contributed by atoms with van der Waals surface area (Å²) in [6.07, 6.45) is 3.44. The molecule has 0 spiro atoms. The van der Waals surface area contributed by atoms with Gasteiger partial charge in [0.2, 0.25) is 0 Å². The van der Waals surface area contributed by atoms with Gasteiger partial charge in [-0.25, -0.2) is 4.98 Å². The van der Waals surface area contributed by atoms with Crippen molar-refractivity contribution in [1.29, 1.82) is 0 Å². The van der Waals surface area contributed by atoms with Crippen molar-refractivity contribution in [2.45, 2.75) is 13.5 Å². The fraction of sp³-hybridized carbons (Fsp3) is 0.273. The number of hydrogen-bond donors (Lipinski definition) is 2. The molecule has 0 bridgehead atoms. The van der Waals surface area contributed by atoms with Gasteiger partial charge in [-0.05, 0) is 34.3 Å². The van der Waals surface area contributed by atoms with E-state index in [1.807, 2.05) is 13.0 Å². The Kier molecular flexibility index (Phi) is 4.33. The zero-order valence-electron chi connectivity index (χ0n) is 9.40. The zero-order valence-corrected chi connectivity index (χ0v) is 11.8. The SMILES string of the molecule is CCNc1cncc(NCc2sccc2Br)n1. The molecule has 0 amide bonds. The van der Waals surface area contributed by atoms with Gasteiger partial charge in [0.05, 0.1) is 18.9 Å². The molecule has 0 aromatic carbocycles. The first-order valence-corrected chi connectivity index (χ1v) is 6.98. The molecule has 0 aliphatic carbocycles. The lowest BCUT2D eigenvalue weighted by molar-refractivity contribution is 1.08. The van der Waals surface area contributed by atoms with Crippen LogP contribution in [0, 0.1) is 0 Å². The minimum atomic E-state index is 0.752. The lowest BCUT2D eigenvalue weighted by Gasteiger charge is -2.06. The van der Waals surface area contributed by atoms with Crippen molar-refractivity contribution >= 4 is 38.9 Å². The molecule has 0 saturated heterocycles. The number of aromatic nitrogens is 2.